The number of fused-ring (bicyclic) bond motifs is 1. The number of aromatic nitrogens is 4. The molecule has 4 rings (SSSR count). The lowest BCUT2D eigenvalue weighted by atomic mass is 10.1. The summed E-state index contributed by atoms with van der Waals surface area (Å²) in [5, 5.41) is 12.0. The molecule has 0 unspecified atom stereocenters. The number of nitrogens with zero attached hydrogens (tertiary/aromatic N) is 5. The number of hydrogen-bond acceptors (Lipinski definition) is 7. The van der Waals surface area contributed by atoms with Gasteiger partial charge in [0, 0.05) is 0 Å². The topological polar surface area (TPSA) is 97.1 Å². The van der Waals surface area contributed by atoms with E-state index in [1.54, 1.807) is 11.0 Å². The summed E-state index contributed by atoms with van der Waals surface area (Å²) in [7, 11) is 0. The molecule has 0 saturated heterocycles. The molecule has 2 heterocycles. The number of carbonyl (C=O) groups excluding carboxylic acids is 1. The molecule has 4 aromatic rings. The van der Waals surface area contributed by atoms with Gasteiger partial charge in [0.15, 0.2) is 5.13 Å². The van der Waals surface area contributed by atoms with E-state index >= 15 is 0 Å². The lowest BCUT2D eigenvalue weighted by Crippen LogP contribution is -2.26. The second kappa shape index (κ2) is 7.97. The van der Waals surface area contributed by atoms with Crippen molar-refractivity contribution in [2.24, 2.45) is 5.10 Å². The fourth-order valence-corrected chi connectivity index (χ4v) is 3.41. The zero-order chi connectivity index (χ0) is 19.3. The fraction of sp³-hybridized carbons (Fsp3) is 0.105. The average Bonchev–Trinajstić information content (AvgIpc) is 3.40. The fourth-order valence-electron chi connectivity index (χ4n) is 2.55. The van der Waals surface area contributed by atoms with Gasteiger partial charge >= 0.3 is 0 Å². The van der Waals surface area contributed by atoms with Crippen molar-refractivity contribution in [3.05, 3.63) is 66.7 Å². The van der Waals surface area contributed by atoms with E-state index in [0.29, 0.717) is 10.8 Å². The summed E-state index contributed by atoms with van der Waals surface area (Å²) >= 11 is 1.51. The summed E-state index contributed by atoms with van der Waals surface area (Å²) in [6.45, 7) is 1.94. The maximum Gasteiger partial charge on any atom is 0.259 e. The zero-order valence-corrected chi connectivity index (χ0v) is 15.8. The predicted molar refractivity (Wildman–Crippen MR) is 110 cm³/mol. The molecule has 2 aromatic carbocycles. The molecule has 28 heavy (non-hydrogen) atoms. The van der Waals surface area contributed by atoms with E-state index in [9.17, 15) is 4.79 Å². The van der Waals surface area contributed by atoms with E-state index in [2.05, 4.69) is 30.9 Å². The summed E-state index contributed by atoms with van der Waals surface area (Å²) in [4.78, 5) is 20.4. The van der Waals surface area contributed by atoms with Crippen molar-refractivity contribution in [3.8, 4) is 5.69 Å². The van der Waals surface area contributed by atoms with Crippen LogP contribution in [-0.2, 0) is 4.79 Å². The van der Waals surface area contributed by atoms with Gasteiger partial charge in [0.1, 0.15) is 12.7 Å². The van der Waals surface area contributed by atoms with Gasteiger partial charge < -0.3 is 5.32 Å². The maximum absolute atomic E-state index is 12.1. The maximum atomic E-state index is 12.1. The van der Waals surface area contributed by atoms with Crippen LogP contribution in [0.5, 0.6) is 0 Å². The Bertz CT molecular complexity index is 1080. The van der Waals surface area contributed by atoms with Crippen LogP contribution < -0.4 is 10.7 Å². The largest absolute Gasteiger partial charge is 0.352 e. The highest BCUT2D eigenvalue weighted by Gasteiger charge is 2.06. The van der Waals surface area contributed by atoms with Crippen molar-refractivity contribution in [1.29, 1.82) is 0 Å². The number of hydrazone groups is 1. The smallest absolute Gasteiger partial charge is 0.259 e. The van der Waals surface area contributed by atoms with Crippen LogP contribution in [-0.4, -0.2) is 37.9 Å². The molecule has 0 spiro atoms. The average molecular weight is 391 g/mol. The van der Waals surface area contributed by atoms with Crippen molar-refractivity contribution in [2.45, 2.75) is 6.92 Å². The van der Waals surface area contributed by atoms with Gasteiger partial charge in [0.2, 0.25) is 0 Å². The van der Waals surface area contributed by atoms with Gasteiger partial charge in [-0.1, -0.05) is 35.6 Å². The van der Waals surface area contributed by atoms with Crippen LogP contribution in [0.3, 0.4) is 0 Å². The molecular formula is C19H17N7OS. The monoisotopic (exact) mass is 391 g/mol. The molecule has 0 aliphatic carbocycles. The lowest BCUT2D eigenvalue weighted by molar-refractivity contribution is -0.119. The molecule has 0 aliphatic heterocycles. The number of benzene rings is 2. The first-order valence-corrected chi connectivity index (χ1v) is 9.39. The Morgan fingerprint density at radius 2 is 2.00 bits per heavy atom. The first-order valence-electron chi connectivity index (χ1n) is 8.57. The minimum atomic E-state index is -0.238. The van der Waals surface area contributed by atoms with Crippen molar-refractivity contribution in [2.75, 3.05) is 11.9 Å². The molecule has 0 fully saturated rings. The molecule has 2 aromatic heterocycles. The van der Waals surface area contributed by atoms with Gasteiger partial charge in [-0.2, -0.15) is 10.2 Å². The van der Waals surface area contributed by atoms with Gasteiger partial charge in [-0.25, -0.2) is 20.1 Å². The normalized spacial score (nSPS) is 11.5. The summed E-state index contributed by atoms with van der Waals surface area (Å²) in [5.41, 5.74) is 5.99. The summed E-state index contributed by atoms with van der Waals surface area (Å²) in [6, 6.07) is 15.5. The van der Waals surface area contributed by atoms with Gasteiger partial charge in [-0.05, 0) is 36.8 Å². The van der Waals surface area contributed by atoms with Crippen LogP contribution in [0.25, 0.3) is 15.9 Å². The number of nitrogens with one attached hydrogen (secondary N) is 2. The third kappa shape index (κ3) is 4.04. The van der Waals surface area contributed by atoms with E-state index in [1.165, 1.54) is 17.7 Å². The van der Waals surface area contributed by atoms with Gasteiger partial charge in [0.25, 0.3) is 5.91 Å². The van der Waals surface area contributed by atoms with Crippen LogP contribution in [0.15, 0.2) is 66.3 Å². The molecule has 0 saturated carbocycles. The number of anilines is 1. The Morgan fingerprint density at radius 3 is 2.75 bits per heavy atom. The van der Waals surface area contributed by atoms with Crippen molar-refractivity contribution < 1.29 is 4.79 Å². The van der Waals surface area contributed by atoms with E-state index < -0.39 is 0 Å². The Hall–Kier alpha value is -3.59. The number of thiazole rings is 1. The minimum Gasteiger partial charge on any atom is -0.352 e. The molecule has 8 nitrogen and oxygen atoms in total. The van der Waals surface area contributed by atoms with Crippen LogP contribution >= 0.6 is 11.3 Å². The first kappa shape index (κ1) is 17.8. The molecule has 2 N–H and O–H groups in total. The van der Waals surface area contributed by atoms with E-state index in [1.807, 2.05) is 55.5 Å². The van der Waals surface area contributed by atoms with Crippen LogP contribution in [0.1, 0.15) is 12.5 Å². The van der Waals surface area contributed by atoms with E-state index in [4.69, 9.17) is 0 Å². The summed E-state index contributed by atoms with van der Waals surface area (Å²) < 4.78 is 2.75. The highest BCUT2D eigenvalue weighted by Crippen LogP contribution is 2.24. The molecule has 9 heteroatoms. The SMILES string of the molecule is C/C(=N/NC(=O)CNc1nc2ccccc2s1)c1ccc(-n2cncn2)cc1. The zero-order valence-electron chi connectivity index (χ0n) is 15.0. The minimum absolute atomic E-state index is 0.0990. The van der Waals surface area contributed by atoms with Crippen LogP contribution in [0.4, 0.5) is 5.13 Å². The summed E-state index contributed by atoms with van der Waals surface area (Å²) in [6.07, 6.45) is 3.12. The van der Waals surface area contributed by atoms with Crippen LogP contribution in [0, 0.1) is 0 Å². The predicted octanol–water partition coefficient (Wildman–Crippen LogP) is 2.83. The number of hydrogen-bond donors (Lipinski definition) is 2. The Balaban J connectivity index is 1.33. The molecule has 1 amide bonds. The van der Waals surface area contributed by atoms with Crippen molar-refractivity contribution in [3.63, 3.8) is 0 Å². The summed E-state index contributed by atoms with van der Waals surface area (Å²) in [5.74, 6) is -0.238. The molecule has 0 aliphatic rings. The molecule has 0 radical (unpaired) electrons. The van der Waals surface area contributed by atoms with E-state index in [-0.39, 0.29) is 12.5 Å². The first-order chi connectivity index (χ1) is 13.7. The molecular weight excluding hydrogens is 374 g/mol. The lowest BCUT2D eigenvalue weighted by Gasteiger charge is -2.05. The molecule has 0 atom stereocenters. The highest BCUT2D eigenvalue weighted by molar-refractivity contribution is 7.22. The number of amides is 1. The van der Waals surface area contributed by atoms with Crippen LogP contribution in [0.2, 0.25) is 0 Å². The van der Waals surface area contributed by atoms with Crippen molar-refractivity contribution in [1.82, 2.24) is 25.2 Å². The number of rotatable bonds is 6. The Morgan fingerprint density at radius 1 is 1.18 bits per heavy atom. The Kier molecular flexibility index (Phi) is 5.07. The quantitative estimate of drug-likeness (QED) is 0.389. The Labute approximate surface area is 165 Å². The third-order valence-corrected chi connectivity index (χ3v) is 5.00. The standard InChI is InChI=1S/C19H17N7OS/c1-13(14-6-8-15(9-7-14)26-12-20-11-22-26)24-25-18(27)10-21-19-23-16-4-2-3-5-17(16)28-19/h2-9,11-12H,10H2,1H3,(H,21,23)(H,25,27)/b24-13-. The van der Waals surface area contributed by atoms with Gasteiger partial charge in [-0.15, -0.1) is 0 Å². The molecule has 140 valence electrons. The molecule has 0 bridgehead atoms. The second-order valence-electron chi connectivity index (χ2n) is 5.96. The number of carbonyl (C=O) groups is 1. The van der Waals surface area contributed by atoms with Gasteiger partial charge in [-0.3, -0.25) is 4.79 Å². The third-order valence-electron chi connectivity index (χ3n) is 4.01. The second-order valence-corrected chi connectivity index (χ2v) is 6.99. The van der Waals surface area contributed by atoms with Crippen molar-refractivity contribution >= 4 is 38.3 Å². The van der Waals surface area contributed by atoms with Gasteiger partial charge in [0.05, 0.1) is 28.2 Å². The number of para-hydroxylation sites is 1. The highest BCUT2D eigenvalue weighted by atomic mass is 32.1. The van der Waals surface area contributed by atoms with E-state index in [0.717, 1.165) is 21.5 Å².